The van der Waals surface area contributed by atoms with E-state index in [0.717, 1.165) is 12.1 Å². The number of benzene rings is 2. The Morgan fingerprint density at radius 1 is 1.00 bits per heavy atom. The number of sulfonamides is 1. The van der Waals surface area contributed by atoms with Crippen molar-refractivity contribution >= 4 is 15.7 Å². The first kappa shape index (κ1) is 17.0. The highest BCUT2D eigenvalue weighted by Gasteiger charge is 2.21. The number of anilines is 1. The van der Waals surface area contributed by atoms with Crippen LogP contribution in [0, 0.1) is 18.6 Å². The van der Waals surface area contributed by atoms with Gasteiger partial charge in [0.1, 0.15) is 11.6 Å². The van der Waals surface area contributed by atoms with E-state index in [4.69, 9.17) is 9.47 Å². The van der Waals surface area contributed by atoms with Crippen LogP contribution >= 0.6 is 0 Å². The third-order valence-corrected chi connectivity index (χ3v) is 4.65. The van der Waals surface area contributed by atoms with Crippen molar-refractivity contribution < 1.29 is 26.7 Å². The fourth-order valence-corrected chi connectivity index (χ4v) is 3.33. The van der Waals surface area contributed by atoms with Gasteiger partial charge in [0.15, 0.2) is 11.5 Å². The van der Waals surface area contributed by atoms with E-state index in [2.05, 4.69) is 4.72 Å². The molecule has 23 heavy (non-hydrogen) atoms. The third kappa shape index (κ3) is 3.53. The quantitative estimate of drug-likeness (QED) is 0.906. The van der Waals surface area contributed by atoms with Gasteiger partial charge in [-0.15, -0.1) is 0 Å². The fourth-order valence-electron chi connectivity index (χ4n) is 2.02. The molecular weight excluding hydrogens is 328 g/mol. The molecule has 8 heteroatoms. The number of halogens is 2. The summed E-state index contributed by atoms with van der Waals surface area (Å²) in [6.07, 6.45) is 0. The van der Waals surface area contributed by atoms with Gasteiger partial charge in [-0.05, 0) is 30.7 Å². The van der Waals surface area contributed by atoms with Crippen molar-refractivity contribution in [3.05, 3.63) is 47.5 Å². The van der Waals surface area contributed by atoms with E-state index < -0.39 is 21.7 Å². The molecule has 0 spiro atoms. The van der Waals surface area contributed by atoms with Crippen LogP contribution in [0.2, 0.25) is 0 Å². The highest BCUT2D eigenvalue weighted by Crippen LogP contribution is 2.33. The second kappa shape index (κ2) is 6.41. The van der Waals surface area contributed by atoms with E-state index in [1.165, 1.54) is 26.4 Å². The van der Waals surface area contributed by atoms with E-state index in [-0.39, 0.29) is 16.3 Å². The minimum absolute atomic E-state index is 0.0983. The number of ether oxygens (including phenoxy) is 2. The molecule has 0 atom stereocenters. The van der Waals surface area contributed by atoms with Crippen LogP contribution in [0.4, 0.5) is 14.5 Å². The van der Waals surface area contributed by atoms with Gasteiger partial charge in [-0.25, -0.2) is 17.2 Å². The lowest BCUT2D eigenvalue weighted by molar-refractivity contribution is 0.353. The minimum Gasteiger partial charge on any atom is -0.493 e. The molecular formula is C15H15F2NO4S. The highest BCUT2D eigenvalue weighted by atomic mass is 32.2. The average molecular weight is 343 g/mol. The smallest absolute Gasteiger partial charge is 0.262 e. The summed E-state index contributed by atoms with van der Waals surface area (Å²) in [5, 5.41) is 0. The number of rotatable bonds is 5. The Hall–Kier alpha value is -2.35. The van der Waals surface area contributed by atoms with Gasteiger partial charge in [-0.1, -0.05) is 0 Å². The maximum absolute atomic E-state index is 13.6. The topological polar surface area (TPSA) is 64.6 Å². The Morgan fingerprint density at radius 2 is 1.61 bits per heavy atom. The van der Waals surface area contributed by atoms with Gasteiger partial charge in [-0.2, -0.15) is 0 Å². The van der Waals surface area contributed by atoms with E-state index in [9.17, 15) is 17.2 Å². The molecule has 124 valence electrons. The SMILES string of the molecule is COc1cc(C)c(S(=O)(=O)Nc2ccc(F)cc2F)cc1OC. The van der Waals surface area contributed by atoms with Gasteiger partial charge < -0.3 is 9.47 Å². The zero-order valence-corrected chi connectivity index (χ0v) is 13.5. The van der Waals surface area contributed by atoms with E-state index >= 15 is 0 Å². The maximum atomic E-state index is 13.6. The molecule has 0 radical (unpaired) electrons. The first-order valence-electron chi connectivity index (χ1n) is 6.49. The first-order valence-corrected chi connectivity index (χ1v) is 7.97. The second-order valence-corrected chi connectivity index (χ2v) is 6.35. The second-order valence-electron chi connectivity index (χ2n) is 4.70. The molecule has 0 saturated heterocycles. The predicted octanol–water partition coefficient (Wildman–Crippen LogP) is 3.09. The molecule has 5 nitrogen and oxygen atoms in total. The molecule has 0 aliphatic heterocycles. The van der Waals surface area contributed by atoms with Crippen molar-refractivity contribution in [2.45, 2.75) is 11.8 Å². The van der Waals surface area contributed by atoms with Crippen molar-refractivity contribution in [1.29, 1.82) is 0 Å². The van der Waals surface area contributed by atoms with Crippen LogP contribution in [-0.2, 0) is 10.0 Å². The summed E-state index contributed by atoms with van der Waals surface area (Å²) in [5.41, 5.74) is 0.0401. The Morgan fingerprint density at radius 3 is 2.17 bits per heavy atom. The van der Waals surface area contributed by atoms with Crippen LogP contribution in [0.3, 0.4) is 0 Å². The van der Waals surface area contributed by atoms with Crippen molar-refractivity contribution in [3.63, 3.8) is 0 Å². The van der Waals surface area contributed by atoms with Gasteiger partial charge in [0, 0.05) is 12.1 Å². The Kier molecular flexibility index (Phi) is 4.74. The molecule has 0 fully saturated rings. The van der Waals surface area contributed by atoms with Crippen molar-refractivity contribution in [3.8, 4) is 11.5 Å². The summed E-state index contributed by atoms with van der Waals surface area (Å²) in [6.45, 7) is 1.57. The van der Waals surface area contributed by atoms with E-state index in [0.29, 0.717) is 17.4 Å². The lowest BCUT2D eigenvalue weighted by Gasteiger charge is -2.14. The molecule has 0 heterocycles. The predicted molar refractivity (Wildman–Crippen MR) is 81.4 cm³/mol. The van der Waals surface area contributed by atoms with Crippen molar-refractivity contribution in [1.82, 2.24) is 0 Å². The average Bonchev–Trinajstić information content (AvgIpc) is 2.49. The van der Waals surface area contributed by atoms with E-state index in [1.807, 2.05) is 0 Å². The maximum Gasteiger partial charge on any atom is 0.262 e. The largest absolute Gasteiger partial charge is 0.493 e. The van der Waals surface area contributed by atoms with Gasteiger partial charge in [0.25, 0.3) is 10.0 Å². The molecule has 0 aliphatic carbocycles. The van der Waals surface area contributed by atoms with Gasteiger partial charge in [-0.3, -0.25) is 4.72 Å². The van der Waals surface area contributed by atoms with Crippen LogP contribution in [-0.4, -0.2) is 22.6 Å². The zero-order valence-electron chi connectivity index (χ0n) is 12.7. The minimum atomic E-state index is -4.08. The van der Waals surface area contributed by atoms with Crippen LogP contribution in [0.15, 0.2) is 35.2 Å². The van der Waals surface area contributed by atoms with Crippen molar-refractivity contribution in [2.75, 3.05) is 18.9 Å². The molecule has 2 aromatic rings. The summed E-state index contributed by atoms with van der Waals surface area (Å²) in [7, 11) is -1.29. The monoisotopic (exact) mass is 343 g/mol. The summed E-state index contributed by atoms with van der Waals surface area (Å²) in [4.78, 5) is -0.0983. The summed E-state index contributed by atoms with van der Waals surface area (Å²) in [5.74, 6) is -1.21. The highest BCUT2D eigenvalue weighted by molar-refractivity contribution is 7.92. The lowest BCUT2D eigenvalue weighted by atomic mass is 10.2. The van der Waals surface area contributed by atoms with Crippen LogP contribution in [0.1, 0.15) is 5.56 Å². The fraction of sp³-hybridized carbons (Fsp3) is 0.200. The molecule has 2 rings (SSSR count). The molecule has 1 N–H and O–H groups in total. The molecule has 0 saturated carbocycles. The lowest BCUT2D eigenvalue weighted by Crippen LogP contribution is -2.15. The van der Waals surface area contributed by atoms with E-state index in [1.54, 1.807) is 6.92 Å². The van der Waals surface area contributed by atoms with Crippen LogP contribution < -0.4 is 14.2 Å². The normalized spacial score (nSPS) is 11.2. The molecule has 0 aliphatic rings. The summed E-state index contributed by atoms with van der Waals surface area (Å²) < 4.78 is 63.7. The number of methoxy groups -OCH3 is 2. The third-order valence-electron chi connectivity index (χ3n) is 3.15. The number of hydrogen-bond acceptors (Lipinski definition) is 4. The number of aryl methyl sites for hydroxylation is 1. The zero-order chi connectivity index (χ0) is 17.2. The Labute approximate surface area is 132 Å². The first-order chi connectivity index (χ1) is 10.8. The summed E-state index contributed by atoms with van der Waals surface area (Å²) >= 11 is 0. The Bertz CT molecular complexity index is 838. The van der Waals surface area contributed by atoms with Gasteiger partial charge in [0.2, 0.25) is 0 Å². The molecule has 2 aromatic carbocycles. The number of hydrogen-bond donors (Lipinski definition) is 1. The standard InChI is InChI=1S/C15H15F2NO4S/c1-9-6-13(21-2)14(22-3)8-15(9)23(19,20)18-12-5-4-10(16)7-11(12)17/h4-8,18H,1-3H3. The molecule has 0 unspecified atom stereocenters. The van der Waals surface area contributed by atoms with Crippen LogP contribution in [0.25, 0.3) is 0 Å². The Balaban J connectivity index is 2.47. The van der Waals surface area contributed by atoms with Crippen LogP contribution in [0.5, 0.6) is 11.5 Å². The van der Waals surface area contributed by atoms with Gasteiger partial charge in [0.05, 0.1) is 24.8 Å². The van der Waals surface area contributed by atoms with Crippen molar-refractivity contribution in [2.24, 2.45) is 0 Å². The van der Waals surface area contributed by atoms with Gasteiger partial charge >= 0.3 is 0 Å². The number of nitrogens with one attached hydrogen (secondary N) is 1. The summed E-state index contributed by atoms with van der Waals surface area (Å²) in [6, 6.07) is 5.34. The molecule has 0 bridgehead atoms. The molecule has 0 amide bonds. The molecule has 0 aromatic heterocycles.